The maximum atomic E-state index is 11.8. The molecular formula is C13H19N3O. The third-order valence-electron chi connectivity index (χ3n) is 2.43. The predicted octanol–water partition coefficient (Wildman–Crippen LogP) is 1.16. The number of rotatable bonds is 6. The smallest absolute Gasteiger partial charge is 0.246 e. The normalized spacial score (nSPS) is 10.7. The molecule has 0 aliphatic heterocycles. The second-order valence-corrected chi connectivity index (χ2v) is 3.64. The summed E-state index contributed by atoms with van der Waals surface area (Å²) < 4.78 is 0. The second-order valence-electron chi connectivity index (χ2n) is 3.64. The van der Waals surface area contributed by atoms with Crippen LogP contribution in [0.15, 0.2) is 30.6 Å². The van der Waals surface area contributed by atoms with E-state index >= 15 is 0 Å². The fraction of sp³-hybridized carbons (Fsp3) is 0.385. The van der Waals surface area contributed by atoms with Gasteiger partial charge in [-0.15, -0.1) is 0 Å². The maximum Gasteiger partial charge on any atom is 0.246 e. The molecule has 0 saturated carbocycles. The molecule has 92 valence electrons. The van der Waals surface area contributed by atoms with Gasteiger partial charge in [-0.1, -0.05) is 6.07 Å². The lowest BCUT2D eigenvalue weighted by atomic mass is 10.2. The van der Waals surface area contributed by atoms with Crippen LogP contribution in [0.25, 0.3) is 6.08 Å². The van der Waals surface area contributed by atoms with Crippen molar-refractivity contribution in [3.8, 4) is 0 Å². The fourth-order valence-electron chi connectivity index (χ4n) is 1.42. The van der Waals surface area contributed by atoms with Gasteiger partial charge in [0.05, 0.1) is 0 Å². The van der Waals surface area contributed by atoms with Gasteiger partial charge in [-0.05, 0) is 31.7 Å². The molecular weight excluding hydrogens is 214 g/mol. The van der Waals surface area contributed by atoms with Gasteiger partial charge in [0, 0.05) is 38.1 Å². The van der Waals surface area contributed by atoms with Gasteiger partial charge in [0.25, 0.3) is 0 Å². The van der Waals surface area contributed by atoms with Crippen LogP contribution in [-0.2, 0) is 4.79 Å². The summed E-state index contributed by atoms with van der Waals surface area (Å²) in [6, 6.07) is 3.77. The lowest BCUT2D eigenvalue weighted by Crippen LogP contribution is -2.34. The number of hydrogen-bond acceptors (Lipinski definition) is 3. The summed E-state index contributed by atoms with van der Waals surface area (Å²) in [5.74, 6) is 0.0339. The van der Waals surface area contributed by atoms with Gasteiger partial charge in [0.15, 0.2) is 0 Å². The van der Waals surface area contributed by atoms with Gasteiger partial charge < -0.3 is 10.2 Å². The van der Waals surface area contributed by atoms with E-state index in [9.17, 15) is 4.79 Å². The van der Waals surface area contributed by atoms with Gasteiger partial charge in [-0.25, -0.2) is 0 Å². The summed E-state index contributed by atoms with van der Waals surface area (Å²) >= 11 is 0. The molecule has 1 rings (SSSR count). The highest BCUT2D eigenvalue weighted by molar-refractivity contribution is 5.91. The Morgan fingerprint density at radius 1 is 1.59 bits per heavy atom. The third-order valence-corrected chi connectivity index (χ3v) is 2.43. The monoisotopic (exact) mass is 233 g/mol. The molecule has 0 saturated heterocycles. The minimum absolute atomic E-state index is 0.0339. The molecule has 1 aromatic heterocycles. The quantitative estimate of drug-likeness (QED) is 0.750. The Balaban J connectivity index is 2.55. The van der Waals surface area contributed by atoms with Crippen molar-refractivity contribution in [3.63, 3.8) is 0 Å². The molecule has 0 fully saturated rings. The largest absolute Gasteiger partial charge is 0.338 e. The van der Waals surface area contributed by atoms with Crippen LogP contribution < -0.4 is 5.32 Å². The van der Waals surface area contributed by atoms with Crippen LogP contribution >= 0.6 is 0 Å². The number of nitrogens with one attached hydrogen (secondary N) is 1. The van der Waals surface area contributed by atoms with Crippen molar-refractivity contribution in [2.75, 3.05) is 26.7 Å². The van der Waals surface area contributed by atoms with E-state index in [1.807, 2.05) is 26.1 Å². The lowest BCUT2D eigenvalue weighted by molar-refractivity contribution is -0.125. The molecule has 0 aliphatic carbocycles. The minimum Gasteiger partial charge on any atom is -0.338 e. The predicted molar refractivity (Wildman–Crippen MR) is 69.5 cm³/mol. The van der Waals surface area contributed by atoms with Gasteiger partial charge in [-0.2, -0.15) is 0 Å². The molecule has 0 aromatic carbocycles. The average molecular weight is 233 g/mol. The van der Waals surface area contributed by atoms with Gasteiger partial charge in [0.2, 0.25) is 5.91 Å². The first-order valence-electron chi connectivity index (χ1n) is 5.79. The summed E-state index contributed by atoms with van der Waals surface area (Å²) in [7, 11) is 1.88. The summed E-state index contributed by atoms with van der Waals surface area (Å²) in [4.78, 5) is 17.6. The van der Waals surface area contributed by atoms with E-state index < -0.39 is 0 Å². The van der Waals surface area contributed by atoms with E-state index in [1.54, 1.807) is 29.4 Å². The maximum absolute atomic E-state index is 11.8. The number of likely N-dealkylation sites (N-methyl/N-ethyl adjacent to an activating group) is 2. The highest BCUT2D eigenvalue weighted by Gasteiger charge is 2.06. The highest BCUT2D eigenvalue weighted by atomic mass is 16.2. The first-order valence-corrected chi connectivity index (χ1v) is 5.79. The fourth-order valence-corrected chi connectivity index (χ4v) is 1.42. The van der Waals surface area contributed by atoms with E-state index in [2.05, 4.69) is 10.3 Å². The van der Waals surface area contributed by atoms with Crippen LogP contribution in [0.2, 0.25) is 0 Å². The molecule has 0 unspecified atom stereocenters. The van der Waals surface area contributed by atoms with Crippen LogP contribution in [-0.4, -0.2) is 42.5 Å². The topological polar surface area (TPSA) is 45.2 Å². The summed E-state index contributed by atoms with van der Waals surface area (Å²) in [5.41, 5.74) is 0.936. The Morgan fingerprint density at radius 3 is 3.00 bits per heavy atom. The first kappa shape index (κ1) is 13.4. The molecule has 4 heteroatoms. The van der Waals surface area contributed by atoms with E-state index in [4.69, 9.17) is 0 Å². The van der Waals surface area contributed by atoms with Crippen molar-refractivity contribution in [2.24, 2.45) is 0 Å². The summed E-state index contributed by atoms with van der Waals surface area (Å²) in [5, 5.41) is 3.03. The Bertz CT molecular complexity index is 362. The number of amides is 1. The SMILES string of the molecule is CCN(CCNC)C(=O)/C=C/c1cccnc1. The number of carbonyl (C=O) groups is 1. The van der Waals surface area contributed by atoms with Crippen molar-refractivity contribution >= 4 is 12.0 Å². The first-order chi connectivity index (χ1) is 8.27. The number of hydrogen-bond donors (Lipinski definition) is 1. The van der Waals surface area contributed by atoms with E-state index in [0.29, 0.717) is 0 Å². The minimum atomic E-state index is 0.0339. The molecule has 0 atom stereocenters. The second kappa shape index (κ2) is 7.57. The summed E-state index contributed by atoms with van der Waals surface area (Å²) in [6.45, 7) is 4.23. The van der Waals surface area contributed by atoms with E-state index in [0.717, 1.165) is 25.2 Å². The van der Waals surface area contributed by atoms with Crippen molar-refractivity contribution in [1.82, 2.24) is 15.2 Å². The third kappa shape index (κ3) is 4.78. The van der Waals surface area contributed by atoms with Crippen LogP contribution in [0, 0.1) is 0 Å². The molecule has 0 radical (unpaired) electrons. The Labute approximate surface area is 102 Å². The lowest BCUT2D eigenvalue weighted by Gasteiger charge is -2.18. The highest BCUT2D eigenvalue weighted by Crippen LogP contribution is 2.00. The van der Waals surface area contributed by atoms with E-state index in [-0.39, 0.29) is 5.91 Å². The van der Waals surface area contributed by atoms with Crippen LogP contribution in [0.3, 0.4) is 0 Å². The molecule has 1 aromatic rings. The number of nitrogens with zero attached hydrogens (tertiary/aromatic N) is 2. The molecule has 17 heavy (non-hydrogen) atoms. The average Bonchev–Trinajstić information content (AvgIpc) is 2.38. The van der Waals surface area contributed by atoms with Crippen LogP contribution in [0.4, 0.5) is 0 Å². The molecule has 0 spiro atoms. The van der Waals surface area contributed by atoms with Gasteiger partial charge in [0.1, 0.15) is 0 Å². The zero-order chi connectivity index (χ0) is 12.5. The molecule has 0 bridgehead atoms. The number of pyridine rings is 1. The molecule has 1 N–H and O–H groups in total. The number of aromatic nitrogens is 1. The van der Waals surface area contributed by atoms with Crippen LogP contribution in [0.1, 0.15) is 12.5 Å². The Hall–Kier alpha value is -1.68. The van der Waals surface area contributed by atoms with Crippen molar-refractivity contribution in [3.05, 3.63) is 36.2 Å². The van der Waals surface area contributed by atoms with Crippen molar-refractivity contribution < 1.29 is 4.79 Å². The van der Waals surface area contributed by atoms with Crippen molar-refractivity contribution in [2.45, 2.75) is 6.92 Å². The Morgan fingerprint density at radius 2 is 2.41 bits per heavy atom. The van der Waals surface area contributed by atoms with Gasteiger partial charge in [-0.3, -0.25) is 9.78 Å². The molecule has 1 heterocycles. The zero-order valence-electron chi connectivity index (χ0n) is 10.4. The van der Waals surface area contributed by atoms with Crippen molar-refractivity contribution in [1.29, 1.82) is 0 Å². The number of carbonyl (C=O) groups excluding carboxylic acids is 1. The standard InChI is InChI=1S/C13H19N3O/c1-3-16(10-9-14-2)13(17)7-6-12-5-4-8-15-11-12/h4-8,11,14H,3,9-10H2,1-2H3/b7-6+. The molecule has 1 amide bonds. The zero-order valence-corrected chi connectivity index (χ0v) is 10.4. The van der Waals surface area contributed by atoms with Gasteiger partial charge >= 0.3 is 0 Å². The summed E-state index contributed by atoms with van der Waals surface area (Å²) in [6.07, 6.45) is 6.83. The van der Waals surface area contributed by atoms with E-state index in [1.165, 1.54) is 0 Å². The molecule has 0 aliphatic rings. The Kier molecular flexibility index (Phi) is 5.96. The molecule has 4 nitrogen and oxygen atoms in total. The van der Waals surface area contributed by atoms with Crippen LogP contribution in [0.5, 0.6) is 0 Å².